The molecule has 1 aliphatic carbocycles. The molecule has 0 bridgehead atoms. The Bertz CT molecular complexity index is 1130. The third-order valence-electron chi connectivity index (χ3n) is 5.57. The van der Waals surface area contributed by atoms with Crippen molar-refractivity contribution >= 4 is 17.4 Å². The van der Waals surface area contributed by atoms with E-state index in [0.29, 0.717) is 40.5 Å². The van der Waals surface area contributed by atoms with E-state index >= 15 is 0 Å². The Morgan fingerprint density at radius 3 is 2.45 bits per heavy atom. The van der Waals surface area contributed by atoms with Crippen LogP contribution in [0.3, 0.4) is 0 Å². The number of allylic oxidation sites excluding steroid dienone is 2. The normalized spacial score (nSPS) is 17.2. The molecule has 0 aromatic heterocycles. The molecule has 2 aromatic carbocycles. The second-order valence-electron chi connectivity index (χ2n) is 7.32. The number of nitrogens with one attached hydrogen (secondary N) is 1. The number of ether oxygens (including phenoxy) is 3. The van der Waals surface area contributed by atoms with E-state index in [2.05, 4.69) is 5.32 Å². The van der Waals surface area contributed by atoms with Crippen molar-refractivity contribution in [3.05, 3.63) is 76.0 Å². The van der Waals surface area contributed by atoms with Crippen molar-refractivity contribution in [3.63, 3.8) is 0 Å². The fraction of sp³-hybridized carbons (Fsp3) is 0.280. The van der Waals surface area contributed by atoms with E-state index in [1.807, 2.05) is 56.3 Å². The van der Waals surface area contributed by atoms with Crippen LogP contribution in [0.15, 0.2) is 59.3 Å². The van der Waals surface area contributed by atoms with E-state index in [4.69, 9.17) is 14.2 Å². The number of esters is 1. The van der Waals surface area contributed by atoms with Gasteiger partial charge in [-0.15, -0.1) is 0 Å². The zero-order chi connectivity index (χ0) is 22.1. The lowest BCUT2D eigenvalue weighted by molar-refractivity contribution is -0.138. The summed E-state index contributed by atoms with van der Waals surface area (Å²) in [4.78, 5) is 26.4. The van der Waals surface area contributed by atoms with Crippen LogP contribution in [-0.2, 0) is 9.53 Å². The largest absolute Gasteiger partial charge is 0.493 e. The van der Waals surface area contributed by atoms with Gasteiger partial charge in [0.15, 0.2) is 17.3 Å². The van der Waals surface area contributed by atoms with Gasteiger partial charge in [-0.2, -0.15) is 0 Å². The van der Waals surface area contributed by atoms with Gasteiger partial charge in [0, 0.05) is 28.3 Å². The first-order valence-electron chi connectivity index (χ1n) is 10.4. The molecule has 0 spiro atoms. The van der Waals surface area contributed by atoms with E-state index < -0.39 is 11.9 Å². The van der Waals surface area contributed by atoms with Gasteiger partial charge in [0.05, 0.1) is 31.6 Å². The van der Waals surface area contributed by atoms with E-state index in [9.17, 15) is 9.59 Å². The minimum Gasteiger partial charge on any atom is -0.493 e. The SMILES string of the molecule is CCOC(=O)C1=C(C)NC2=C(C(=O)c3ccccc32)C1c1ccc(OCC)c(OC)c1. The summed E-state index contributed by atoms with van der Waals surface area (Å²) in [6, 6.07) is 13.0. The van der Waals surface area contributed by atoms with Crippen LogP contribution in [0.2, 0.25) is 0 Å². The number of carbonyl (C=O) groups is 2. The van der Waals surface area contributed by atoms with Gasteiger partial charge in [0.25, 0.3) is 0 Å². The maximum atomic E-state index is 13.4. The molecular formula is C25H25NO5. The Morgan fingerprint density at radius 2 is 1.77 bits per heavy atom. The molecule has 0 saturated carbocycles. The van der Waals surface area contributed by atoms with Crippen molar-refractivity contribution in [2.45, 2.75) is 26.7 Å². The van der Waals surface area contributed by atoms with Crippen LogP contribution in [0.1, 0.15) is 48.2 Å². The van der Waals surface area contributed by atoms with Gasteiger partial charge in [-0.05, 0) is 38.5 Å². The molecular weight excluding hydrogens is 394 g/mol. The molecule has 0 amide bonds. The molecule has 1 N–H and O–H groups in total. The molecule has 2 aliphatic rings. The van der Waals surface area contributed by atoms with Gasteiger partial charge in [-0.3, -0.25) is 4.79 Å². The lowest BCUT2D eigenvalue weighted by Gasteiger charge is -2.29. The number of benzene rings is 2. The maximum absolute atomic E-state index is 13.4. The number of hydrogen-bond acceptors (Lipinski definition) is 6. The van der Waals surface area contributed by atoms with Crippen molar-refractivity contribution in [3.8, 4) is 11.5 Å². The number of carbonyl (C=O) groups excluding carboxylic acids is 2. The van der Waals surface area contributed by atoms with Gasteiger partial charge >= 0.3 is 5.97 Å². The van der Waals surface area contributed by atoms with Crippen molar-refractivity contribution in [1.29, 1.82) is 0 Å². The highest BCUT2D eigenvalue weighted by Gasteiger charge is 2.43. The Hall–Kier alpha value is -3.54. The summed E-state index contributed by atoms with van der Waals surface area (Å²) in [6.45, 7) is 6.24. The fourth-order valence-corrected chi connectivity index (χ4v) is 4.28. The minimum absolute atomic E-state index is 0.0924. The van der Waals surface area contributed by atoms with Crippen LogP contribution in [0, 0.1) is 0 Å². The van der Waals surface area contributed by atoms with Crippen LogP contribution in [0.4, 0.5) is 0 Å². The summed E-state index contributed by atoms with van der Waals surface area (Å²) in [5.74, 6) is 0.0332. The number of fused-ring (bicyclic) bond motifs is 2. The van der Waals surface area contributed by atoms with Crippen molar-refractivity contribution in [2.24, 2.45) is 0 Å². The fourth-order valence-electron chi connectivity index (χ4n) is 4.28. The van der Waals surface area contributed by atoms with Crippen LogP contribution in [0.5, 0.6) is 11.5 Å². The number of rotatable bonds is 6. The van der Waals surface area contributed by atoms with E-state index in [1.54, 1.807) is 14.0 Å². The molecule has 1 heterocycles. The summed E-state index contributed by atoms with van der Waals surface area (Å²) in [6.07, 6.45) is 0. The minimum atomic E-state index is -0.584. The Labute approximate surface area is 181 Å². The molecule has 2 aromatic rings. The predicted octanol–water partition coefficient (Wildman–Crippen LogP) is 4.23. The highest BCUT2D eigenvalue weighted by atomic mass is 16.5. The predicted molar refractivity (Wildman–Crippen MR) is 117 cm³/mol. The van der Waals surface area contributed by atoms with Crippen LogP contribution < -0.4 is 14.8 Å². The average molecular weight is 419 g/mol. The summed E-state index contributed by atoms with van der Waals surface area (Å²) in [7, 11) is 1.57. The Balaban J connectivity index is 1.91. The first kappa shape index (κ1) is 20.7. The van der Waals surface area contributed by atoms with Crippen molar-refractivity contribution < 1.29 is 23.8 Å². The zero-order valence-electron chi connectivity index (χ0n) is 18.1. The first-order valence-corrected chi connectivity index (χ1v) is 10.4. The monoisotopic (exact) mass is 419 g/mol. The topological polar surface area (TPSA) is 73.9 Å². The van der Waals surface area contributed by atoms with Crippen LogP contribution in [-0.4, -0.2) is 32.1 Å². The second-order valence-corrected chi connectivity index (χ2v) is 7.32. The number of Topliss-reactive ketones (excluding diaryl/α,β-unsaturated/α-hetero) is 1. The molecule has 0 saturated heterocycles. The van der Waals surface area contributed by atoms with Gasteiger partial charge in [0.1, 0.15) is 0 Å². The third kappa shape index (κ3) is 3.38. The van der Waals surface area contributed by atoms with E-state index in [1.165, 1.54) is 0 Å². The molecule has 6 heteroatoms. The lowest BCUT2D eigenvalue weighted by atomic mass is 9.79. The molecule has 160 valence electrons. The van der Waals surface area contributed by atoms with Gasteiger partial charge in [-0.1, -0.05) is 30.3 Å². The summed E-state index contributed by atoms with van der Waals surface area (Å²) in [5, 5.41) is 3.30. The van der Waals surface area contributed by atoms with Gasteiger partial charge in [0.2, 0.25) is 0 Å². The molecule has 6 nitrogen and oxygen atoms in total. The molecule has 1 atom stereocenters. The molecule has 0 radical (unpaired) electrons. The third-order valence-corrected chi connectivity index (χ3v) is 5.57. The number of dihydropyridines is 1. The Kier molecular flexibility index (Phi) is 5.55. The standard InChI is InChI=1S/C25H25NO5/c1-5-30-18-12-11-15(13-19(18)29-4)21-20(25(28)31-6-2)14(3)26-23-16-9-7-8-10-17(16)24(27)22(21)23/h7-13,21,26H,5-6H2,1-4H3. The number of ketones is 1. The number of methoxy groups -OCH3 is 1. The van der Waals surface area contributed by atoms with Gasteiger partial charge < -0.3 is 19.5 Å². The first-order chi connectivity index (χ1) is 15.0. The molecule has 1 aliphatic heterocycles. The summed E-state index contributed by atoms with van der Waals surface area (Å²) >= 11 is 0. The second kappa shape index (κ2) is 8.30. The van der Waals surface area contributed by atoms with E-state index in [-0.39, 0.29) is 12.4 Å². The molecule has 0 fully saturated rings. The quantitative estimate of drug-likeness (QED) is 0.707. The lowest BCUT2D eigenvalue weighted by Crippen LogP contribution is -2.29. The smallest absolute Gasteiger partial charge is 0.336 e. The summed E-state index contributed by atoms with van der Waals surface area (Å²) in [5.41, 5.74) is 4.60. The van der Waals surface area contributed by atoms with Crippen molar-refractivity contribution in [1.82, 2.24) is 5.32 Å². The van der Waals surface area contributed by atoms with E-state index in [0.717, 1.165) is 16.8 Å². The highest BCUT2D eigenvalue weighted by Crippen LogP contribution is 2.47. The highest BCUT2D eigenvalue weighted by molar-refractivity contribution is 6.23. The Morgan fingerprint density at radius 1 is 1.03 bits per heavy atom. The van der Waals surface area contributed by atoms with Crippen LogP contribution >= 0.6 is 0 Å². The molecule has 1 unspecified atom stereocenters. The molecule has 31 heavy (non-hydrogen) atoms. The molecule has 4 rings (SSSR count). The maximum Gasteiger partial charge on any atom is 0.336 e. The van der Waals surface area contributed by atoms with Gasteiger partial charge in [-0.25, -0.2) is 4.79 Å². The zero-order valence-corrected chi connectivity index (χ0v) is 18.1. The average Bonchev–Trinajstić information content (AvgIpc) is 3.05. The van der Waals surface area contributed by atoms with Crippen molar-refractivity contribution in [2.75, 3.05) is 20.3 Å². The van der Waals surface area contributed by atoms with Crippen LogP contribution in [0.25, 0.3) is 5.70 Å². The number of hydrogen-bond donors (Lipinski definition) is 1. The summed E-state index contributed by atoms with van der Waals surface area (Å²) < 4.78 is 16.5.